The number of aryl methyl sites for hydroxylation is 1. The highest BCUT2D eigenvalue weighted by molar-refractivity contribution is 5.87. The molecule has 1 aliphatic rings. The van der Waals surface area contributed by atoms with Crippen LogP contribution in [0.4, 0.5) is 5.82 Å². The first-order chi connectivity index (χ1) is 10.1. The summed E-state index contributed by atoms with van der Waals surface area (Å²) in [5.74, 6) is 1.56. The summed E-state index contributed by atoms with van der Waals surface area (Å²) in [7, 11) is 0. The zero-order valence-corrected chi connectivity index (χ0v) is 12.4. The first kappa shape index (κ1) is 13.9. The second-order valence-corrected chi connectivity index (χ2v) is 5.57. The minimum atomic E-state index is -0.0957. The highest BCUT2D eigenvalue weighted by atomic mass is 16.3. The number of hydrogen-bond donors (Lipinski definition) is 1. The van der Waals surface area contributed by atoms with Crippen LogP contribution < -0.4 is 5.32 Å². The molecule has 2 aromatic rings. The molecule has 0 bridgehead atoms. The van der Waals surface area contributed by atoms with E-state index in [1.165, 1.54) is 12.5 Å². The number of hydrogen-bond acceptors (Lipinski definition) is 4. The number of furan rings is 1. The van der Waals surface area contributed by atoms with Crippen LogP contribution in [0.1, 0.15) is 30.7 Å². The van der Waals surface area contributed by atoms with Crippen LogP contribution in [-0.2, 0) is 11.3 Å². The summed E-state index contributed by atoms with van der Waals surface area (Å²) in [6.45, 7) is 6.37. The van der Waals surface area contributed by atoms with Gasteiger partial charge in [0.05, 0.1) is 18.8 Å². The van der Waals surface area contributed by atoms with Crippen LogP contribution in [0.25, 0.3) is 0 Å². The Kier molecular flexibility index (Phi) is 3.79. The molecule has 0 aromatic carbocycles. The summed E-state index contributed by atoms with van der Waals surface area (Å²) in [5, 5.41) is 7.12. The fraction of sp³-hybridized carbons (Fsp3) is 0.467. The molecule has 1 fully saturated rings. The Bertz CT molecular complexity index is 631. The largest absolute Gasteiger partial charge is 0.468 e. The Morgan fingerprint density at radius 2 is 2.38 bits per heavy atom. The number of rotatable bonds is 4. The molecule has 2 aromatic heterocycles. The third-order valence-corrected chi connectivity index (χ3v) is 3.87. The van der Waals surface area contributed by atoms with Crippen molar-refractivity contribution in [2.75, 3.05) is 18.4 Å². The predicted molar refractivity (Wildman–Crippen MR) is 78.9 cm³/mol. The molecular formula is C15H20N4O2. The smallest absolute Gasteiger partial charge is 0.222 e. The van der Waals surface area contributed by atoms with E-state index in [0.29, 0.717) is 11.9 Å². The molecule has 21 heavy (non-hydrogen) atoms. The highest BCUT2D eigenvalue weighted by Gasteiger charge is 2.25. The lowest BCUT2D eigenvalue weighted by atomic mass is 10.2. The van der Waals surface area contributed by atoms with Crippen molar-refractivity contribution in [3.63, 3.8) is 0 Å². The Balaban J connectivity index is 1.60. The SMILES string of the molecule is CC(=O)Nc1ccn([C@@H]2CCN(Cc3occc3C)C2)n1. The molecule has 0 unspecified atom stereocenters. The molecule has 6 heteroatoms. The van der Waals surface area contributed by atoms with E-state index in [0.717, 1.165) is 31.8 Å². The summed E-state index contributed by atoms with van der Waals surface area (Å²) in [5.41, 5.74) is 1.20. The van der Waals surface area contributed by atoms with Crippen molar-refractivity contribution < 1.29 is 9.21 Å². The van der Waals surface area contributed by atoms with Gasteiger partial charge in [0.1, 0.15) is 5.76 Å². The monoisotopic (exact) mass is 288 g/mol. The first-order valence-electron chi connectivity index (χ1n) is 7.20. The van der Waals surface area contributed by atoms with Crippen molar-refractivity contribution in [1.82, 2.24) is 14.7 Å². The molecule has 1 atom stereocenters. The number of likely N-dealkylation sites (tertiary alicyclic amines) is 1. The van der Waals surface area contributed by atoms with Crippen LogP contribution >= 0.6 is 0 Å². The zero-order chi connectivity index (χ0) is 14.8. The number of amides is 1. The maximum absolute atomic E-state index is 11.0. The number of aromatic nitrogens is 2. The minimum Gasteiger partial charge on any atom is -0.468 e. The lowest BCUT2D eigenvalue weighted by molar-refractivity contribution is -0.114. The summed E-state index contributed by atoms with van der Waals surface area (Å²) in [4.78, 5) is 13.4. The van der Waals surface area contributed by atoms with Gasteiger partial charge in [0, 0.05) is 32.3 Å². The van der Waals surface area contributed by atoms with Gasteiger partial charge < -0.3 is 9.73 Å². The zero-order valence-electron chi connectivity index (χ0n) is 12.4. The van der Waals surface area contributed by atoms with E-state index in [4.69, 9.17) is 4.42 Å². The maximum atomic E-state index is 11.0. The van der Waals surface area contributed by atoms with Crippen LogP contribution in [0, 0.1) is 6.92 Å². The fourth-order valence-corrected chi connectivity index (χ4v) is 2.73. The highest BCUT2D eigenvalue weighted by Crippen LogP contribution is 2.24. The molecule has 1 saturated heterocycles. The van der Waals surface area contributed by atoms with Gasteiger partial charge in [-0.25, -0.2) is 0 Å². The van der Waals surface area contributed by atoms with Gasteiger partial charge in [0.25, 0.3) is 0 Å². The topological polar surface area (TPSA) is 63.3 Å². The fourth-order valence-electron chi connectivity index (χ4n) is 2.73. The van der Waals surface area contributed by atoms with E-state index < -0.39 is 0 Å². The van der Waals surface area contributed by atoms with Gasteiger partial charge in [0.15, 0.2) is 5.82 Å². The van der Waals surface area contributed by atoms with Crippen LogP contribution in [0.3, 0.4) is 0 Å². The molecule has 1 aliphatic heterocycles. The van der Waals surface area contributed by atoms with Gasteiger partial charge in [-0.05, 0) is 25.0 Å². The lowest BCUT2D eigenvalue weighted by Crippen LogP contribution is -2.21. The standard InChI is InChI=1S/C15H20N4O2/c1-11-5-8-21-14(11)10-18-6-3-13(9-18)19-7-4-15(17-19)16-12(2)20/h4-5,7-8,13H,3,6,9-10H2,1-2H3,(H,16,17,20)/t13-/m1/s1. The van der Waals surface area contributed by atoms with Crippen LogP contribution in [0.2, 0.25) is 0 Å². The van der Waals surface area contributed by atoms with Gasteiger partial charge in [-0.15, -0.1) is 0 Å². The molecule has 1 amide bonds. The van der Waals surface area contributed by atoms with Crippen molar-refractivity contribution >= 4 is 11.7 Å². The van der Waals surface area contributed by atoms with Crippen molar-refractivity contribution in [2.45, 2.75) is 32.9 Å². The van der Waals surface area contributed by atoms with E-state index in [9.17, 15) is 4.79 Å². The molecule has 3 rings (SSSR count). The molecule has 6 nitrogen and oxygen atoms in total. The van der Waals surface area contributed by atoms with Crippen molar-refractivity contribution in [2.24, 2.45) is 0 Å². The molecule has 3 heterocycles. The third-order valence-electron chi connectivity index (χ3n) is 3.87. The van der Waals surface area contributed by atoms with E-state index in [1.807, 2.05) is 23.0 Å². The average molecular weight is 288 g/mol. The Morgan fingerprint density at radius 1 is 1.52 bits per heavy atom. The molecule has 0 spiro atoms. The predicted octanol–water partition coefficient (Wildman–Crippen LogP) is 2.19. The first-order valence-corrected chi connectivity index (χ1v) is 7.20. The summed E-state index contributed by atoms with van der Waals surface area (Å²) in [6, 6.07) is 4.18. The quantitative estimate of drug-likeness (QED) is 0.936. The summed E-state index contributed by atoms with van der Waals surface area (Å²) >= 11 is 0. The lowest BCUT2D eigenvalue weighted by Gasteiger charge is -2.15. The maximum Gasteiger partial charge on any atom is 0.222 e. The third kappa shape index (κ3) is 3.16. The number of nitrogens with zero attached hydrogens (tertiary/aromatic N) is 3. The van der Waals surface area contributed by atoms with E-state index in [-0.39, 0.29) is 5.91 Å². The van der Waals surface area contributed by atoms with Gasteiger partial charge in [-0.1, -0.05) is 0 Å². The van der Waals surface area contributed by atoms with Crippen molar-refractivity contribution in [3.8, 4) is 0 Å². The van der Waals surface area contributed by atoms with Gasteiger partial charge in [0.2, 0.25) is 5.91 Å². The molecule has 1 N–H and O–H groups in total. The van der Waals surface area contributed by atoms with Crippen molar-refractivity contribution in [1.29, 1.82) is 0 Å². The normalized spacial score (nSPS) is 19.0. The molecule has 0 saturated carbocycles. The van der Waals surface area contributed by atoms with Gasteiger partial charge >= 0.3 is 0 Å². The number of anilines is 1. The van der Waals surface area contributed by atoms with E-state index in [1.54, 1.807) is 6.26 Å². The Hall–Kier alpha value is -2.08. The van der Waals surface area contributed by atoms with Crippen molar-refractivity contribution in [3.05, 3.63) is 35.9 Å². The van der Waals surface area contributed by atoms with E-state index in [2.05, 4.69) is 22.2 Å². The molecular weight excluding hydrogens is 268 g/mol. The van der Waals surface area contributed by atoms with E-state index >= 15 is 0 Å². The van der Waals surface area contributed by atoms with Crippen LogP contribution in [-0.4, -0.2) is 33.7 Å². The Morgan fingerprint density at radius 3 is 3.10 bits per heavy atom. The summed E-state index contributed by atoms with van der Waals surface area (Å²) < 4.78 is 7.45. The van der Waals surface area contributed by atoms with Gasteiger partial charge in [-0.3, -0.25) is 14.4 Å². The molecule has 112 valence electrons. The average Bonchev–Trinajstić information content (AvgIpc) is 3.12. The number of carbonyl (C=O) groups is 1. The van der Waals surface area contributed by atoms with Crippen LogP contribution in [0.5, 0.6) is 0 Å². The molecule has 0 radical (unpaired) electrons. The number of carbonyl (C=O) groups excluding carboxylic acids is 1. The number of nitrogens with one attached hydrogen (secondary N) is 1. The molecule has 0 aliphatic carbocycles. The second-order valence-electron chi connectivity index (χ2n) is 5.57. The summed E-state index contributed by atoms with van der Waals surface area (Å²) in [6.07, 6.45) is 4.73. The Labute approximate surface area is 123 Å². The minimum absolute atomic E-state index is 0.0957. The van der Waals surface area contributed by atoms with Crippen LogP contribution in [0.15, 0.2) is 29.0 Å². The van der Waals surface area contributed by atoms with Gasteiger partial charge in [-0.2, -0.15) is 5.10 Å². The second kappa shape index (κ2) is 5.73.